The smallest absolute Gasteiger partial charge is 0.241 e. The maximum atomic E-state index is 12.4. The summed E-state index contributed by atoms with van der Waals surface area (Å²) >= 11 is 0. The fourth-order valence-corrected chi connectivity index (χ4v) is 3.07. The van der Waals surface area contributed by atoms with Crippen molar-refractivity contribution in [3.05, 3.63) is 0 Å². The zero-order valence-corrected chi connectivity index (χ0v) is 11.8. The first-order chi connectivity index (χ1) is 8.67. The second-order valence-corrected chi connectivity index (χ2v) is 5.55. The Labute approximate surface area is 110 Å². The molecule has 104 valence electrons. The van der Waals surface area contributed by atoms with E-state index >= 15 is 0 Å². The molecule has 0 spiro atoms. The Morgan fingerprint density at radius 3 is 2.78 bits per heavy atom. The highest BCUT2D eigenvalue weighted by Gasteiger charge is 2.39. The van der Waals surface area contributed by atoms with Gasteiger partial charge in [0.1, 0.15) is 0 Å². The molecule has 2 rings (SSSR count). The monoisotopic (exact) mass is 254 g/mol. The van der Waals surface area contributed by atoms with Gasteiger partial charge in [0.25, 0.3) is 0 Å². The van der Waals surface area contributed by atoms with Crippen LogP contribution in [0.25, 0.3) is 0 Å². The molecule has 2 aliphatic rings. The Hall–Kier alpha value is -0.610. The average molecular weight is 254 g/mol. The van der Waals surface area contributed by atoms with Crippen molar-refractivity contribution in [2.24, 2.45) is 5.92 Å². The lowest BCUT2D eigenvalue weighted by molar-refractivity contribution is -0.131. The molecule has 2 fully saturated rings. The van der Waals surface area contributed by atoms with E-state index in [4.69, 9.17) is 4.74 Å². The summed E-state index contributed by atoms with van der Waals surface area (Å²) in [7, 11) is 0. The van der Waals surface area contributed by atoms with Crippen molar-refractivity contribution in [2.45, 2.75) is 64.8 Å². The van der Waals surface area contributed by atoms with Crippen LogP contribution in [-0.2, 0) is 9.53 Å². The van der Waals surface area contributed by atoms with Crippen molar-refractivity contribution < 1.29 is 9.53 Å². The van der Waals surface area contributed by atoms with Gasteiger partial charge in [-0.15, -0.1) is 0 Å². The van der Waals surface area contributed by atoms with E-state index in [0.29, 0.717) is 17.9 Å². The summed E-state index contributed by atoms with van der Waals surface area (Å²) < 4.78 is 5.60. The molecule has 4 atom stereocenters. The molecule has 2 heterocycles. The van der Waals surface area contributed by atoms with E-state index in [1.807, 2.05) is 0 Å². The first-order valence-corrected chi connectivity index (χ1v) is 7.35. The third-order valence-electron chi connectivity index (χ3n) is 4.28. The van der Waals surface area contributed by atoms with Gasteiger partial charge in [-0.05, 0) is 26.2 Å². The minimum absolute atomic E-state index is 0.0394. The summed E-state index contributed by atoms with van der Waals surface area (Å²) in [4.78, 5) is 14.4. The highest BCUT2D eigenvalue weighted by molar-refractivity contribution is 5.84. The van der Waals surface area contributed by atoms with Crippen molar-refractivity contribution >= 4 is 5.91 Å². The quantitative estimate of drug-likeness (QED) is 0.812. The van der Waals surface area contributed by atoms with Crippen molar-refractivity contribution in [3.8, 4) is 0 Å². The van der Waals surface area contributed by atoms with Crippen LogP contribution in [0.5, 0.6) is 0 Å². The summed E-state index contributed by atoms with van der Waals surface area (Å²) in [5.74, 6) is 0.799. The lowest BCUT2D eigenvalue weighted by atomic mass is 10.0. The highest BCUT2D eigenvalue weighted by atomic mass is 16.5. The maximum Gasteiger partial charge on any atom is 0.241 e. The molecule has 2 saturated heterocycles. The van der Waals surface area contributed by atoms with E-state index in [0.717, 1.165) is 38.8 Å². The molecule has 0 aliphatic carbocycles. The molecule has 0 radical (unpaired) electrons. The number of rotatable bonds is 5. The third kappa shape index (κ3) is 2.69. The first kappa shape index (κ1) is 13.8. The molecular formula is C14H26N2O2. The van der Waals surface area contributed by atoms with Gasteiger partial charge in [-0.25, -0.2) is 0 Å². The van der Waals surface area contributed by atoms with Gasteiger partial charge >= 0.3 is 0 Å². The number of nitrogens with zero attached hydrogens (tertiary/aromatic N) is 1. The van der Waals surface area contributed by atoms with Crippen LogP contribution in [0.1, 0.15) is 46.5 Å². The van der Waals surface area contributed by atoms with E-state index in [2.05, 4.69) is 31.0 Å². The largest absolute Gasteiger partial charge is 0.378 e. The predicted octanol–water partition coefficient (Wildman–Crippen LogP) is 1.75. The van der Waals surface area contributed by atoms with Gasteiger partial charge in [0.15, 0.2) is 0 Å². The van der Waals surface area contributed by atoms with Crippen molar-refractivity contribution in [3.63, 3.8) is 0 Å². The molecule has 2 aliphatic heterocycles. The number of hydrogen-bond donors (Lipinski definition) is 1. The fourth-order valence-electron chi connectivity index (χ4n) is 3.07. The van der Waals surface area contributed by atoms with Crippen LogP contribution in [0.15, 0.2) is 0 Å². The first-order valence-electron chi connectivity index (χ1n) is 7.35. The van der Waals surface area contributed by atoms with Crippen LogP contribution in [0, 0.1) is 5.92 Å². The molecule has 4 nitrogen and oxygen atoms in total. The fraction of sp³-hybridized carbons (Fsp3) is 0.929. The lowest BCUT2D eigenvalue weighted by Crippen LogP contribution is -2.41. The van der Waals surface area contributed by atoms with E-state index in [1.54, 1.807) is 0 Å². The van der Waals surface area contributed by atoms with Crippen LogP contribution in [0.4, 0.5) is 0 Å². The Bertz CT molecular complexity index is 296. The minimum Gasteiger partial charge on any atom is -0.378 e. The lowest BCUT2D eigenvalue weighted by Gasteiger charge is -2.27. The molecule has 0 bridgehead atoms. The zero-order chi connectivity index (χ0) is 13.1. The number of carbonyl (C=O) groups is 1. The third-order valence-corrected chi connectivity index (χ3v) is 4.28. The zero-order valence-electron chi connectivity index (χ0n) is 11.8. The summed E-state index contributed by atoms with van der Waals surface area (Å²) in [6, 6.07) is 0.0394. The SMILES string of the molecule is CCCC1NC(CC)N(CC2CCOC2C)C1=O. The molecule has 1 amide bonds. The number of ether oxygens (including phenoxy) is 1. The Kier molecular flexibility index (Phi) is 4.62. The number of carbonyl (C=O) groups excluding carboxylic acids is 1. The summed E-state index contributed by atoms with van der Waals surface area (Å²) in [5.41, 5.74) is 0. The topological polar surface area (TPSA) is 41.6 Å². The molecule has 0 aromatic heterocycles. The van der Waals surface area contributed by atoms with E-state index in [9.17, 15) is 4.79 Å². The van der Waals surface area contributed by atoms with Gasteiger partial charge < -0.3 is 9.64 Å². The minimum atomic E-state index is 0.0394. The molecular weight excluding hydrogens is 228 g/mol. The van der Waals surface area contributed by atoms with Crippen LogP contribution in [0.3, 0.4) is 0 Å². The van der Waals surface area contributed by atoms with Gasteiger partial charge in [0.2, 0.25) is 5.91 Å². The molecule has 4 unspecified atom stereocenters. The second kappa shape index (κ2) is 6.02. The predicted molar refractivity (Wildman–Crippen MR) is 71.1 cm³/mol. The molecule has 0 aromatic rings. The van der Waals surface area contributed by atoms with E-state index < -0.39 is 0 Å². The van der Waals surface area contributed by atoms with Gasteiger partial charge in [0.05, 0.1) is 18.3 Å². The average Bonchev–Trinajstić information content (AvgIpc) is 2.88. The number of nitrogens with one attached hydrogen (secondary N) is 1. The molecule has 0 saturated carbocycles. The van der Waals surface area contributed by atoms with E-state index in [-0.39, 0.29) is 12.2 Å². The van der Waals surface area contributed by atoms with Crippen LogP contribution >= 0.6 is 0 Å². The summed E-state index contributed by atoms with van der Waals surface area (Å²) in [6.45, 7) is 8.09. The molecule has 18 heavy (non-hydrogen) atoms. The van der Waals surface area contributed by atoms with Crippen LogP contribution in [0.2, 0.25) is 0 Å². The Balaban J connectivity index is 1.98. The van der Waals surface area contributed by atoms with Crippen molar-refractivity contribution in [1.82, 2.24) is 10.2 Å². The summed E-state index contributed by atoms with van der Waals surface area (Å²) in [5, 5.41) is 3.47. The van der Waals surface area contributed by atoms with Crippen molar-refractivity contribution in [1.29, 1.82) is 0 Å². The van der Waals surface area contributed by atoms with Gasteiger partial charge in [-0.1, -0.05) is 20.3 Å². The second-order valence-electron chi connectivity index (χ2n) is 5.55. The number of amides is 1. The molecule has 1 N–H and O–H groups in total. The van der Waals surface area contributed by atoms with Gasteiger partial charge in [-0.2, -0.15) is 0 Å². The van der Waals surface area contributed by atoms with Gasteiger partial charge in [-0.3, -0.25) is 10.1 Å². The molecule has 0 aromatic carbocycles. The normalized spacial score (nSPS) is 36.6. The molecule has 4 heteroatoms. The highest BCUT2D eigenvalue weighted by Crippen LogP contribution is 2.25. The van der Waals surface area contributed by atoms with Crippen LogP contribution in [-0.4, -0.2) is 42.3 Å². The van der Waals surface area contributed by atoms with Crippen LogP contribution < -0.4 is 5.32 Å². The Morgan fingerprint density at radius 2 is 2.22 bits per heavy atom. The standard InChI is InChI=1S/C14H26N2O2/c1-4-6-12-14(17)16(13(5-2)15-12)9-11-7-8-18-10(11)3/h10-13,15H,4-9H2,1-3H3. The Morgan fingerprint density at radius 1 is 1.44 bits per heavy atom. The number of hydrogen-bond acceptors (Lipinski definition) is 3. The van der Waals surface area contributed by atoms with E-state index in [1.165, 1.54) is 0 Å². The summed E-state index contributed by atoms with van der Waals surface area (Å²) in [6.07, 6.45) is 4.58. The maximum absolute atomic E-state index is 12.4. The van der Waals surface area contributed by atoms with Gasteiger partial charge in [0, 0.05) is 19.1 Å². The van der Waals surface area contributed by atoms with Crippen molar-refractivity contribution in [2.75, 3.05) is 13.2 Å².